The average Bonchev–Trinajstić information content (AvgIpc) is 2.46. The fourth-order valence-electron chi connectivity index (χ4n) is 1.03. The van der Waals surface area contributed by atoms with Crippen LogP contribution >= 0.6 is 39.7 Å². The highest BCUT2D eigenvalue weighted by atomic mass is 79.9. The minimum absolute atomic E-state index is 0. The highest BCUT2D eigenvalue weighted by Gasteiger charge is 2.01. The van der Waals surface area contributed by atoms with Crippen LogP contribution in [-0.2, 0) is 6.54 Å². The summed E-state index contributed by atoms with van der Waals surface area (Å²) in [6, 6.07) is 6.05. The highest BCUT2D eigenvalue weighted by Crippen LogP contribution is 2.24. The third-order valence-electron chi connectivity index (χ3n) is 1.57. The molecule has 2 N–H and O–H groups in total. The van der Waals surface area contributed by atoms with Gasteiger partial charge in [-0.25, -0.2) is 4.98 Å². The molecule has 0 spiro atoms. The van der Waals surface area contributed by atoms with E-state index in [1.165, 1.54) is 4.70 Å². The molecule has 0 saturated carbocycles. The normalized spacial score (nSPS) is 10.0. The Morgan fingerprint density at radius 1 is 1.46 bits per heavy atom. The van der Waals surface area contributed by atoms with Crippen molar-refractivity contribution in [3.05, 3.63) is 27.7 Å². The molecule has 0 amide bonds. The fourth-order valence-corrected chi connectivity index (χ4v) is 2.43. The van der Waals surface area contributed by atoms with Crippen molar-refractivity contribution in [3.63, 3.8) is 0 Å². The third kappa shape index (κ3) is 2.20. The van der Waals surface area contributed by atoms with Crippen molar-refractivity contribution < 1.29 is 0 Å². The van der Waals surface area contributed by atoms with E-state index in [0.717, 1.165) is 15.0 Å². The zero-order chi connectivity index (χ0) is 8.55. The van der Waals surface area contributed by atoms with E-state index in [4.69, 9.17) is 5.73 Å². The largest absolute Gasteiger partial charge is 0.325 e. The standard InChI is InChI=1S/C8H7BrN2S.ClH/c9-5-1-2-6-7(3-5)12-8(4-10)11-6;/h1-3H,4,10H2;1H. The van der Waals surface area contributed by atoms with Gasteiger partial charge in [-0.15, -0.1) is 23.7 Å². The van der Waals surface area contributed by atoms with Gasteiger partial charge in [0.2, 0.25) is 0 Å². The first kappa shape index (κ1) is 10.9. The predicted octanol–water partition coefficient (Wildman–Crippen LogP) is 2.94. The maximum Gasteiger partial charge on any atom is 0.107 e. The van der Waals surface area contributed by atoms with E-state index in [9.17, 15) is 0 Å². The van der Waals surface area contributed by atoms with Crippen LogP contribution in [0.15, 0.2) is 22.7 Å². The van der Waals surface area contributed by atoms with Gasteiger partial charge in [-0.3, -0.25) is 0 Å². The Hall–Kier alpha value is -0.160. The minimum Gasteiger partial charge on any atom is -0.325 e. The number of aromatic nitrogens is 1. The number of rotatable bonds is 1. The molecule has 0 saturated heterocycles. The predicted molar refractivity (Wildman–Crippen MR) is 62.5 cm³/mol. The topological polar surface area (TPSA) is 38.9 Å². The summed E-state index contributed by atoms with van der Waals surface area (Å²) in [5.74, 6) is 0. The second kappa shape index (κ2) is 4.37. The monoisotopic (exact) mass is 278 g/mol. The summed E-state index contributed by atoms with van der Waals surface area (Å²) >= 11 is 5.06. The molecule has 0 aliphatic carbocycles. The maximum atomic E-state index is 5.49. The molecule has 2 aromatic rings. The first-order valence-corrected chi connectivity index (χ1v) is 5.15. The fraction of sp³-hybridized carbons (Fsp3) is 0.125. The number of halogens is 2. The molecule has 0 fully saturated rings. The summed E-state index contributed by atoms with van der Waals surface area (Å²) in [7, 11) is 0. The molecule has 0 atom stereocenters. The number of benzene rings is 1. The van der Waals surface area contributed by atoms with E-state index >= 15 is 0 Å². The lowest BCUT2D eigenvalue weighted by Gasteiger charge is -1.86. The Labute approximate surface area is 94.7 Å². The van der Waals surface area contributed by atoms with Crippen molar-refractivity contribution in [2.24, 2.45) is 5.73 Å². The second-order valence-corrected chi connectivity index (χ2v) is 4.45. The number of hydrogen-bond donors (Lipinski definition) is 1. The summed E-state index contributed by atoms with van der Waals surface area (Å²) in [6.07, 6.45) is 0. The van der Waals surface area contributed by atoms with Gasteiger partial charge in [0.15, 0.2) is 0 Å². The van der Waals surface area contributed by atoms with Crippen LogP contribution in [0.25, 0.3) is 10.2 Å². The Balaban J connectivity index is 0.000000845. The van der Waals surface area contributed by atoms with Crippen molar-refractivity contribution >= 4 is 49.9 Å². The van der Waals surface area contributed by atoms with E-state index in [1.807, 2.05) is 12.1 Å². The van der Waals surface area contributed by atoms with Crippen molar-refractivity contribution in [2.75, 3.05) is 0 Å². The number of nitrogens with zero attached hydrogens (tertiary/aromatic N) is 1. The van der Waals surface area contributed by atoms with Gasteiger partial charge in [-0.2, -0.15) is 0 Å². The summed E-state index contributed by atoms with van der Waals surface area (Å²) in [6.45, 7) is 0.525. The smallest absolute Gasteiger partial charge is 0.107 e. The number of hydrogen-bond acceptors (Lipinski definition) is 3. The first-order valence-electron chi connectivity index (χ1n) is 3.54. The molecule has 1 aromatic heterocycles. The summed E-state index contributed by atoms with van der Waals surface area (Å²) in [5.41, 5.74) is 6.52. The van der Waals surface area contributed by atoms with Crippen LogP contribution in [0.2, 0.25) is 0 Å². The molecular weight excluding hydrogens is 272 g/mol. The average molecular weight is 280 g/mol. The molecule has 0 aliphatic rings. The zero-order valence-corrected chi connectivity index (χ0v) is 9.88. The van der Waals surface area contributed by atoms with Crippen LogP contribution in [0, 0.1) is 0 Å². The Bertz CT molecular complexity index is 415. The van der Waals surface area contributed by atoms with Gasteiger partial charge in [0.1, 0.15) is 5.01 Å². The van der Waals surface area contributed by atoms with Crippen molar-refractivity contribution in [2.45, 2.75) is 6.54 Å². The Kier molecular flexibility index (Phi) is 3.67. The van der Waals surface area contributed by atoms with Gasteiger partial charge < -0.3 is 5.73 Å². The van der Waals surface area contributed by atoms with E-state index in [1.54, 1.807) is 11.3 Å². The Morgan fingerprint density at radius 3 is 2.92 bits per heavy atom. The lowest BCUT2D eigenvalue weighted by molar-refractivity contribution is 1.05. The van der Waals surface area contributed by atoms with Gasteiger partial charge in [-0.05, 0) is 18.2 Å². The van der Waals surface area contributed by atoms with Crippen LogP contribution in [0.3, 0.4) is 0 Å². The third-order valence-corrected chi connectivity index (χ3v) is 3.10. The molecule has 2 nitrogen and oxygen atoms in total. The molecule has 0 bridgehead atoms. The van der Waals surface area contributed by atoms with Crippen LogP contribution in [0.1, 0.15) is 5.01 Å². The minimum atomic E-state index is 0. The molecule has 13 heavy (non-hydrogen) atoms. The van der Waals surface area contributed by atoms with E-state index in [2.05, 4.69) is 27.0 Å². The molecule has 0 aliphatic heterocycles. The van der Waals surface area contributed by atoms with E-state index in [0.29, 0.717) is 6.54 Å². The van der Waals surface area contributed by atoms with Gasteiger partial charge in [-0.1, -0.05) is 15.9 Å². The lowest BCUT2D eigenvalue weighted by Crippen LogP contribution is -1.93. The quantitative estimate of drug-likeness (QED) is 0.872. The van der Waals surface area contributed by atoms with E-state index < -0.39 is 0 Å². The summed E-state index contributed by atoms with van der Waals surface area (Å²) in [5, 5.41) is 0.989. The molecule has 1 heterocycles. The van der Waals surface area contributed by atoms with Gasteiger partial charge in [0.05, 0.1) is 10.2 Å². The molecule has 2 rings (SSSR count). The summed E-state index contributed by atoms with van der Waals surface area (Å²) < 4.78 is 2.27. The zero-order valence-electron chi connectivity index (χ0n) is 6.66. The van der Waals surface area contributed by atoms with Crippen LogP contribution < -0.4 is 5.73 Å². The van der Waals surface area contributed by atoms with Crippen molar-refractivity contribution in [3.8, 4) is 0 Å². The summed E-state index contributed by atoms with van der Waals surface area (Å²) in [4.78, 5) is 4.35. The maximum absolute atomic E-state index is 5.49. The van der Waals surface area contributed by atoms with E-state index in [-0.39, 0.29) is 12.4 Å². The second-order valence-electron chi connectivity index (χ2n) is 2.42. The van der Waals surface area contributed by atoms with Crippen molar-refractivity contribution in [1.82, 2.24) is 4.98 Å². The molecule has 0 unspecified atom stereocenters. The van der Waals surface area contributed by atoms with Crippen LogP contribution in [0.4, 0.5) is 0 Å². The SMILES string of the molecule is Cl.NCc1nc2ccc(Br)cc2s1. The number of nitrogens with two attached hydrogens (primary N) is 1. The lowest BCUT2D eigenvalue weighted by atomic mass is 10.3. The van der Waals surface area contributed by atoms with Crippen LogP contribution in [-0.4, -0.2) is 4.98 Å². The number of thiazole rings is 1. The Morgan fingerprint density at radius 2 is 2.23 bits per heavy atom. The molecule has 0 radical (unpaired) electrons. The van der Waals surface area contributed by atoms with Crippen LogP contribution in [0.5, 0.6) is 0 Å². The molecule has 1 aromatic carbocycles. The number of fused-ring (bicyclic) bond motifs is 1. The molecular formula is C8H8BrClN2S. The van der Waals surface area contributed by atoms with Crippen molar-refractivity contribution in [1.29, 1.82) is 0 Å². The van der Waals surface area contributed by atoms with Gasteiger partial charge in [0.25, 0.3) is 0 Å². The first-order chi connectivity index (χ1) is 5.79. The highest BCUT2D eigenvalue weighted by molar-refractivity contribution is 9.10. The van der Waals surface area contributed by atoms with Gasteiger partial charge in [0, 0.05) is 11.0 Å². The van der Waals surface area contributed by atoms with Gasteiger partial charge >= 0.3 is 0 Å². The molecule has 5 heteroatoms. The molecule has 70 valence electrons.